The van der Waals surface area contributed by atoms with Gasteiger partial charge in [-0.3, -0.25) is 0 Å². The van der Waals surface area contributed by atoms with E-state index < -0.39 is 0 Å². The molecule has 0 fully saturated rings. The van der Waals surface area contributed by atoms with Gasteiger partial charge in [0.25, 0.3) is 0 Å². The zero-order valence-electron chi connectivity index (χ0n) is 7.74. The molecule has 2 rings (SSSR count). The molecular formula is C10H9NO3. The summed E-state index contributed by atoms with van der Waals surface area (Å²) in [6, 6.07) is 3.46. The minimum atomic E-state index is 0.530. The van der Waals surface area contributed by atoms with Crippen molar-refractivity contribution in [2.24, 2.45) is 4.99 Å². The molecule has 4 heteroatoms. The van der Waals surface area contributed by atoms with E-state index in [4.69, 9.17) is 9.47 Å². The molecular weight excluding hydrogens is 182 g/mol. The zero-order valence-corrected chi connectivity index (χ0v) is 7.74. The standard InChI is InChI=1S/C10H9NO3/c1-7-8(11-6-12)2-3-9-10(7)14-5-4-13-9/h2-3H,4-5H2,1H3. The molecule has 1 aromatic carbocycles. The van der Waals surface area contributed by atoms with Crippen molar-refractivity contribution in [3.63, 3.8) is 0 Å². The van der Waals surface area contributed by atoms with E-state index in [0.29, 0.717) is 30.4 Å². The first-order chi connectivity index (χ1) is 6.83. The molecule has 0 spiro atoms. The number of ether oxygens (including phenoxy) is 2. The molecule has 0 saturated carbocycles. The lowest BCUT2D eigenvalue weighted by molar-refractivity contribution is 0.170. The highest BCUT2D eigenvalue weighted by Crippen LogP contribution is 2.38. The fourth-order valence-electron chi connectivity index (χ4n) is 1.42. The third kappa shape index (κ3) is 1.36. The summed E-state index contributed by atoms with van der Waals surface area (Å²) in [6.45, 7) is 2.93. The second-order valence-corrected chi connectivity index (χ2v) is 2.94. The summed E-state index contributed by atoms with van der Waals surface area (Å²) < 4.78 is 10.8. The topological polar surface area (TPSA) is 47.9 Å². The lowest BCUT2D eigenvalue weighted by Gasteiger charge is -2.20. The molecule has 14 heavy (non-hydrogen) atoms. The summed E-state index contributed by atoms with van der Waals surface area (Å²) in [4.78, 5) is 13.7. The van der Waals surface area contributed by atoms with E-state index in [1.807, 2.05) is 6.92 Å². The number of nitrogens with zero attached hydrogens (tertiary/aromatic N) is 1. The zero-order chi connectivity index (χ0) is 9.97. The number of carbonyl (C=O) groups excluding carboxylic acids is 1. The third-order valence-corrected chi connectivity index (χ3v) is 2.09. The molecule has 0 radical (unpaired) electrons. The number of benzene rings is 1. The van der Waals surface area contributed by atoms with E-state index >= 15 is 0 Å². The summed E-state index contributed by atoms with van der Waals surface area (Å²) in [5, 5.41) is 0. The number of isocyanates is 1. The van der Waals surface area contributed by atoms with Crippen LogP contribution in [0.4, 0.5) is 5.69 Å². The van der Waals surface area contributed by atoms with Crippen LogP contribution in [0.1, 0.15) is 5.56 Å². The minimum Gasteiger partial charge on any atom is -0.486 e. The maximum atomic E-state index is 10.1. The first-order valence-corrected chi connectivity index (χ1v) is 4.30. The van der Waals surface area contributed by atoms with Gasteiger partial charge in [0.05, 0.1) is 5.69 Å². The smallest absolute Gasteiger partial charge is 0.240 e. The van der Waals surface area contributed by atoms with Crippen molar-refractivity contribution in [2.75, 3.05) is 13.2 Å². The molecule has 0 bridgehead atoms. The molecule has 0 N–H and O–H groups in total. The summed E-state index contributed by atoms with van der Waals surface area (Å²) in [5.74, 6) is 1.38. The van der Waals surface area contributed by atoms with Gasteiger partial charge in [0, 0.05) is 5.56 Å². The summed E-state index contributed by atoms with van der Waals surface area (Å²) in [7, 11) is 0. The van der Waals surface area contributed by atoms with Gasteiger partial charge in [0.1, 0.15) is 13.2 Å². The first kappa shape index (κ1) is 8.78. The van der Waals surface area contributed by atoms with E-state index in [2.05, 4.69) is 4.99 Å². The number of hydrogen-bond acceptors (Lipinski definition) is 4. The number of aliphatic imine (C=N–C) groups is 1. The van der Waals surface area contributed by atoms with E-state index in [-0.39, 0.29) is 0 Å². The van der Waals surface area contributed by atoms with Crippen LogP contribution in [0.25, 0.3) is 0 Å². The Labute approximate surface area is 81.2 Å². The molecule has 1 heterocycles. The predicted octanol–water partition coefficient (Wildman–Crippen LogP) is 1.73. The molecule has 0 aromatic heterocycles. The Hall–Kier alpha value is -1.80. The third-order valence-electron chi connectivity index (χ3n) is 2.09. The number of fused-ring (bicyclic) bond motifs is 1. The molecule has 1 aromatic rings. The van der Waals surface area contributed by atoms with Gasteiger partial charge in [-0.1, -0.05) is 0 Å². The van der Waals surface area contributed by atoms with Gasteiger partial charge in [-0.25, -0.2) is 4.79 Å². The lowest BCUT2D eigenvalue weighted by atomic mass is 10.1. The summed E-state index contributed by atoms with van der Waals surface area (Å²) in [5.41, 5.74) is 1.38. The highest BCUT2D eigenvalue weighted by molar-refractivity contribution is 5.62. The van der Waals surface area contributed by atoms with Crippen LogP contribution in [0, 0.1) is 6.92 Å². The monoisotopic (exact) mass is 191 g/mol. The predicted molar refractivity (Wildman–Crippen MR) is 50.0 cm³/mol. The molecule has 0 saturated heterocycles. The summed E-state index contributed by atoms with van der Waals surface area (Å²) in [6.07, 6.45) is 1.51. The molecule has 72 valence electrons. The highest BCUT2D eigenvalue weighted by atomic mass is 16.6. The van der Waals surface area contributed by atoms with Crippen LogP contribution in [-0.4, -0.2) is 19.3 Å². The Bertz CT molecular complexity index is 408. The highest BCUT2D eigenvalue weighted by Gasteiger charge is 2.15. The Morgan fingerprint density at radius 3 is 2.93 bits per heavy atom. The average Bonchev–Trinajstić information content (AvgIpc) is 2.23. The number of rotatable bonds is 1. The van der Waals surface area contributed by atoms with Crippen molar-refractivity contribution in [2.45, 2.75) is 6.92 Å². The van der Waals surface area contributed by atoms with Gasteiger partial charge < -0.3 is 9.47 Å². The Kier molecular flexibility index (Phi) is 2.21. The second-order valence-electron chi connectivity index (χ2n) is 2.94. The van der Waals surface area contributed by atoms with E-state index in [9.17, 15) is 4.79 Å². The first-order valence-electron chi connectivity index (χ1n) is 4.30. The fraction of sp³-hybridized carbons (Fsp3) is 0.300. The van der Waals surface area contributed by atoms with Gasteiger partial charge in [0.2, 0.25) is 6.08 Å². The van der Waals surface area contributed by atoms with Crippen molar-refractivity contribution in [3.05, 3.63) is 17.7 Å². The second kappa shape index (κ2) is 3.52. The number of hydrogen-bond donors (Lipinski definition) is 0. The fourth-order valence-corrected chi connectivity index (χ4v) is 1.42. The maximum absolute atomic E-state index is 10.1. The van der Waals surface area contributed by atoms with Crippen LogP contribution in [0.2, 0.25) is 0 Å². The van der Waals surface area contributed by atoms with Gasteiger partial charge in [-0.2, -0.15) is 4.99 Å². The Balaban J connectivity index is 2.53. The molecule has 1 aliphatic heterocycles. The van der Waals surface area contributed by atoms with Crippen LogP contribution in [-0.2, 0) is 4.79 Å². The molecule has 0 unspecified atom stereocenters. The van der Waals surface area contributed by atoms with Gasteiger partial charge in [-0.15, -0.1) is 0 Å². The Morgan fingerprint density at radius 1 is 1.36 bits per heavy atom. The quantitative estimate of drug-likeness (QED) is 0.501. The van der Waals surface area contributed by atoms with Crippen molar-refractivity contribution in [3.8, 4) is 11.5 Å². The largest absolute Gasteiger partial charge is 0.486 e. The molecule has 0 aliphatic carbocycles. The van der Waals surface area contributed by atoms with Crippen LogP contribution >= 0.6 is 0 Å². The van der Waals surface area contributed by atoms with Crippen molar-refractivity contribution in [1.82, 2.24) is 0 Å². The molecule has 0 atom stereocenters. The molecule has 4 nitrogen and oxygen atoms in total. The Morgan fingerprint density at radius 2 is 2.14 bits per heavy atom. The SMILES string of the molecule is Cc1c(N=C=O)ccc2c1OCCO2. The summed E-state index contributed by atoms with van der Waals surface area (Å²) >= 11 is 0. The van der Waals surface area contributed by atoms with Crippen molar-refractivity contribution in [1.29, 1.82) is 0 Å². The van der Waals surface area contributed by atoms with E-state index in [0.717, 1.165) is 5.56 Å². The van der Waals surface area contributed by atoms with Crippen LogP contribution in [0.15, 0.2) is 17.1 Å². The maximum Gasteiger partial charge on any atom is 0.240 e. The average molecular weight is 191 g/mol. The van der Waals surface area contributed by atoms with E-state index in [1.54, 1.807) is 12.1 Å². The van der Waals surface area contributed by atoms with Gasteiger partial charge >= 0.3 is 0 Å². The minimum absolute atomic E-state index is 0.530. The van der Waals surface area contributed by atoms with E-state index in [1.165, 1.54) is 6.08 Å². The van der Waals surface area contributed by atoms with Crippen molar-refractivity contribution < 1.29 is 14.3 Å². The van der Waals surface area contributed by atoms with Gasteiger partial charge in [-0.05, 0) is 19.1 Å². The molecule has 1 aliphatic rings. The van der Waals surface area contributed by atoms with Gasteiger partial charge in [0.15, 0.2) is 11.5 Å². The van der Waals surface area contributed by atoms with Crippen LogP contribution in [0.5, 0.6) is 11.5 Å². The lowest BCUT2D eigenvalue weighted by Crippen LogP contribution is -2.15. The van der Waals surface area contributed by atoms with Crippen LogP contribution < -0.4 is 9.47 Å². The van der Waals surface area contributed by atoms with Crippen molar-refractivity contribution >= 4 is 11.8 Å². The molecule has 0 amide bonds. The normalized spacial score (nSPS) is 13.2. The van der Waals surface area contributed by atoms with Crippen LogP contribution in [0.3, 0.4) is 0 Å².